The van der Waals surface area contributed by atoms with Gasteiger partial charge in [0.2, 0.25) is 0 Å². The average molecular weight is 276 g/mol. The van der Waals surface area contributed by atoms with Crippen LogP contribution in [0.1, 0.15) is 5.76 Å². The zero-order chi connectivity index (χ0) is 8.72. The maximum absolute atomic E-state index is 12.9. The summed E-state index contributed by atoms with van der Waals surface area (Å²) in [6.07, 6.45) is 0. The number of rotatable bonds is 0. The van der Waals surface area contributed by atoms with E-state index < -0.39 is 0 Å². The van der Waals surface area contributed by atoms with Gasteiger partial charge in [-0.1, -0.05) is 0 Å². The summed E-state index contributed by atoms with van der Waals surface area (Å²) in [7, 11) is 0. The largest absolute Gasteiger partial charge is 0.460 e. The summed E-state index contributed by atoms with van der Waals surface area (Å²) in [4.78, 5) is 0. The Balaban J connectivity index is 2.88. The van der Waals surface area contributed by atoms with Crippen molar-refractivity contribution < 1.29 is 8.81 Å². The Labute approximate surface area is 82.7 Å². The Morgan fingerprint density at radius 3 is 2.83 bits per heavy atom. The van der Waals surface area contributed by atoms with Crippen LogP contribution >= 0.6 is 22.6 Å². The smallest absolute Gasteiger partial charge is 0.147 e. The summed E-state index contributed by atoms with van der Waals surface area (Å²) in [5.74, 6) is 0.598. The van der Waals surface area contributed by atoms with Crippen LogP contribution in [0.25, 0.3) is 11.0 Å². The van der Waals surface area contributed by atoms with E-state index in [1.165, 1.54) is 12.1 Å². The molecule has 0 radical (unpaired) electrons. The second kappa shape index (κ2) is 2.73. The van der Waals surface area contributed by atoms with Gasteiger partial charge in [-0.3, -0.25) is 0 Å². The molecule has 0 atom stereocenters. The van der Waals surface area contributed by atoms with Crippen LogP contribution in [0.3, 0.4) is 0 Å². The first-order valence-corrected chi connectivity index (χ1v) is 4.60. The van der Waals surface area contributed by atoms with Crippen molar-refractivity contribution >= 4 is 33.6 Å². The molecule has 0 fully saturated rings. The molecule has 2 aromatic rings. The van der Waals surface area contributed by atoms with Gasteiger partial charge in [0.15, 0.2) is 0 Å². The van der Waals surface area contributed by atoms with Crippen LogP contribution in [-0.2, 0) is 0 Å². The normalized spacial score (nSPS) is 10.9. The van der Waals surface area contributed by atoms with Crippen LogP contribution in [-0.4, -0.2) is 0 Å². The molecular formula is C9H6FIO. The Bertz CT molecular complexity index is 433. The van der Waals surface area contributed by atoms with Gasteiger partial charge >= 0.3 is 0 Å². The summed E-state index contributed by atoms with van der Waals surface area (Å²) in [5.41, 5.74) is 0.773. The number of fused-ring (bicyclic) bond motifs is 1. The number of hydrogen-bond donors (Lipinski definition) is 0. The van der Waals surface area contributed by atoms with E-state index in [0.29, 0.717) is 0 Å². The van der Waals surface area contributed by atoms with Crippen LogP contribution in [0.4, 0.5) is 4.39 Å². The van der Waals surface area contributed by atoms with Crippen LogP contribution in [0, 0.1) is 16.3 Å². The molecule has 1 aromatic carbocycles. The third kappa shape index (κ3) is 1.22. The summed E-state index contributed by atoms with van der Waals surface area (Å²) in [5, 5.41) is 0.830. The van der Waals surface area contributed by atoms with E-state index in [4.69, 9.17) is 4.42 Å². The van der Waals surface area contributed by atoms with E-state index in [1.807, 2.05) is 13.0 Å². The Kier molecular flexibility index (Phi) is 1.83. The molecule has 0 spiro atoms. The van der Waals surface area contributed by atoms with Crippen molar-refractivity contribution in [3.8, 4) is 0 Å². The molecule has 12 heavy (non-hydrogen) atoms. The summed E-state index contributed by atoms with van der Waals surface area (Å²) < 4.78 is 19.1. The summed E-state index contributed by atoms with van der Waals surface area (Å²) in [6, 6.07) is 4.78. The van der Waals surface area contributed by atoms with Gasteiger partial charge in [0.1, 0.15) is 17.2 Å². The minimum absolute atomic E-state index is 0.215. The fourth-order valence-corrected chi connectivity index (χ4v) is 1.92. The molecule has 62 valence electrons. The molecule has 0 amide bonds. The zero-order valence-electron chi connectivity index (χ0n) is 6.40. The third-order valence-corrected chi connectivity index (χ3v) is 2.46. The average Bonchev–Trinajstić information content (AvgIpc) is 2.29. The van der Waals surface area contributed by atoms with Gasteiger partial charge in [-0.05, 0) is 47.7 Å². The van der Waals surface area contributed by atoms with E-state index in [2.05, 4.69) is 22.6 Å². The molecule has 0 aliphatic heterocycles. The van der Waals surface area contributed by atoms with Crippen LogP contribution < -0.4 is 0 Å². The van der Waals surface area contributed by atoms with E-state index in [1.54, 1.807) is 0 Å². The minimum atomic E-state index is -0.215. The summed E-state index contributed by atoms with van der Waals surface area (Å²) in [6.45, 7) is 1.86. The molecule has 3 heteroatoms. The fraction of sp³-hybridized carbons (Fsp3) is 0.111. The molecule has 0 saturated heterocycles. The van der Waals surface area contributed by atoms with E-state index in [9.17, 15) is 4.39 Å². The molecular weight excluding hydrogens is 270 g/mol. The molecule has 0 N–H and O–H groups in total. The van der Waals surface area contributed by atoms with Gasteiger partial charge in [0.05, 0.1) is 3.57 Å². The van der Waals surface area contributed by atoms with E-state index >= 15 is 0 Å². The Morgan fingerprint density at radius 2 is 2.08 bits per heavy atom. The Morgan fingerprint density at radius 1 is 1.33 bits per heavy atom. The SMILES string of the molecule is Cc1cc2cc(F)cc(I)c2o1. The van der Waals surface area contributed by atoms with Crippen molar-refractivity contribution in [1.29, 1.82) is 0 Å². The first kappa shape index (κ1) is 8.04. The lowest BCUT2D eigenvalue weighted by Gasteiger charge is -1.92. The van der Waals surface area contributed by atoms with Crippen molar-refractivity contribution in [2.45, 2.75) is 6.92 Å². The van der Waals surface area contributed by atoms with Crippen molar-refractivity contribution in [2.75, 3.05) is 0 Å². The monoisotopic (exact) mass is 276 g/mol. The lowest BCUT2D eigenvalue weighted by molar-refractivity contribution is 0.574. The lowest BCUT2D eigenvalue weighted by Crippen LogP contribution is -1.76. The molecule has 0 bridgehead atoms. The maximum atomic E-state index is 12.9. The number of halogens is 2. The van der Waals surface area contributed by atoms with Crippen molar-refractivity contribution in [3.63, 3.8) is 0 Å². The van der Waals surface area contributed by atoms with Gasteiger partial charge < -0.3 is 4.42 Å². The highest BCUT2D eigenvalue weighted by Crippen LogP contribution is 2.25. The van der Waals surface area contributed by atoms with Gasteiger partial charge in [-0.15, -0.1) is 0 Å². The number of hydrogen-bond acceptors (Lipinski definition) is 1. The number of furan rings is 1. The Hall–Kier alpha value is -0.580. The highest BCUT2D eigenvalue weighted by Gasteiger charge is 2.05. The van der Waals surface area contributed by atoms with Crippen molar-refractivity contribution in [1.82, 2.24) is 0 Å². The molecule has 1 nitrogen and oxygen atoms in total. The van der Waals surface area contributed by atoms with Gasteiger partial charge in [-0.2, -0.15) is 0 Å². The molecule has 0 unspecified atom stereocenters. The second-order valence-corrected chi connectivity index (χ2v) is 3.83. The van der Waals surface area contributed by atoms with Gasteiger partial charge in [-0.25, -0.2) is 4.39 Å². The van der Waals surface area contributed by atoms with Crippen LogP contribution in [0.15, 0.2) is 22.6 Å². The number of aryl methyl sites for hydroxylation is 1. The predicted octanol–water partition coefficient (Wildman–Crippen LogP) is 3.48. The molecule has 1 heterocycles. The predicted molar refractivity (Wildman–Crippen MR) is 53.6 cm³/mol. The van der Waals surface area contributed by atoms with Crippen LogP contribution in [0.5, 0.6) is 0 Å². The van der Waals surface area contributed by atoms with Gasteiger partial charge in [0.25, 0.3) is 0 Å². The minimum Gasteiger partial charge on any atom is -0.460 e. The fourth-order valence-electron chi connectivity index (χ4n) is 1.20. The first-order chi connectivity index (χ1) is 5.66. The van der Waals surface area contributed by atoms with Gasteiger partial charge in [0, 0.05) is 5.39 Å². The number of benzene rings is 1. The molecule has 2 rings (SSSR count). The van der Waals surface area contributed by atoms with Crippen molar-refractivity contribution in [3.05, 3.63) is 33.3 Å². The molecule has 0 saturated carbocycles. The highest BCUT2D eigenvalue weighted by atomic mass is 127. The van der Waals surface area contributed by atoms with E-state index in [0.717, 1.165) is 20.3 Å². The first-order valence-electron chi connectivity index (χ1n) is 3.52. The highest BCUT2D eigenvalue weighted by molar-refractivity contribution is 14.1. The third-order valence-electron chi connectivity index (χ3n) is 1.66. The standard InChI is InChI=1S/C9H6FIO/c1-5-2-6-3-7(10)4-8(11)9(6)12-5/h2-4H,1H3. The zero-order valence-corrected chi connectivity index (χ0v) is 8.55. The molecule has 0 aliphatic rings. The van der Waals surface area contributed by atoms with E-state index in [-0.39, 0.29) is 5.82 Å². The molecule has 1 aromatic heterocycles. The molecule has 0 aliphatic carbocycles. The summed E-state index contributed by atoms with van der Waals surface area (Å²) >= 11 is 2.06. The topological polar surface area (TPSA) is 13.1 Å². The quantitative estimate of drug-likeness (QED) is 0.671. The van der Waals surface area contributed by atoms with Crippen LogP contribution in [0.2, 0.25) is 0 Å². The second-order valence-electron chi connectivity index (χ2n) is 2.66. The van der Waals surface area contributed by atoms with Crippen molar-refractivity contribution in [2.24, 2.45) is 0 Å². The maximum Gasteiger partial charge on any atom is 0.147 e. The lowest BCUT2D eigenvalue weighted by atomic mass is 10.2.